The highest BCUT2D eigenvalue weighted by Gasteiger charge is 2.62. The Hall–Kier alpha value is -1.66. The number of carboxylic acids is 1. The first-order chi connectivity index (χ1) is 15.1. The van der Waals surface area contributed by atoms with Gasteiger partial charge in [-0.3, -0.25) is 4.55 Å². The lowest BCUT2D eigenvalue weighted by Gasteiger charge is -2.47. The fraction of sp³-hybridized carbons (Fsp3) is 0.200. The van der Waals surface area contributed by atoms with E-state index in [9.17, 15) is 22.9 Å². The molecule has 2 atom stereocenters. The molecule has 3 aromatic rings. The Balaban J connectivity index is 1.73. The summed E-state index contributed by atoms with van der Waals surface area (Å²) in [5.74, 6) is -1.01. The van der Waals surface area contributed by atoms with Crippen molar-refractivity contribution in [3.63, 3.8) is 0 Å². The van der Waals surface area contributed by atoms with Crippen LogP contribution < -0.4 is 9.05 Å². The molecule has 0 aliphatic carbocycles. The van der Waals surface area contributed by atoms with Crippen LogP contribution in [0.1, 0.15) is 11.4 Å². The molecular weight excluding hydrogens is 515 g/mol. The summed E-state index contributed by atoms with van der Waals surface area (Å²) in [7, 11) is -4.34. The molecular formula is C20H16Cl2N2O5S3+2. The molecule has 2 aliphatic rings. The molecule has 0 radical (unpaired) electrons. The van der Waals surface area contributed by atoms with Crippen LogP contribution in [-0.2, 0) is 21.5 Å². The number of hydrogen-bond acceptors (Lipinski definition) is 5. The van der Waals surface area contributed by atoms with E-state index < -0.39 is 21.5 Å². The second-order valence-electron chi connectivity index (χ2n) is 7.58. The van der Waals surface area contributed by atoms with Gasteiger partial charge in [-0.25, -0.2) is 9.28 Å². The van der Waals surface area contributed by atoms with E-state index in [1.807, 2.05) is 18.2 Å². The highest BCUT2D eigenvalue weighted by atomic mass is 35.5. The number of rotatable bonds is 4. The third kappa shape index (κ3) is 3.45. The Morgan fingerprint density at radius 3 is 2.59 bits per heavy atom. The van der Waals surface area contributed by atoms with E-state index in [0.29, 0.717) is 38.6 Å². The summed E-state index contributed by atoms with van der Waals surface area (Å²) in [6, 6.07) is 10.6. The van der Waals surface area contributed by atoms with E-state index >= 15 is 0 Å². The highest BCUT2D eigenvalue weighted by molar-refractivity contribution is 8.03. The number of halogens is 2. The minimum Gasteiger partial charge on any atom is -0.477 e. The zero-order chi connectivity index (χ0) is 22.8. The number of nitrogens with zero attached hydrogens (tertiary/aromatic N) is 2. The van der Waals surface area contributed by atoms with Crippen LogP contribution in [0.4, 0.5) is 5.69 Å². The van der Waals surface area contributed by atoms with Crippen LogP contribution >= 0.6 is 46.3 Å². The summed E-state index contributed by atoms with van der Waals surface area (Å²) in [5, 5.41) is 10.7. The van der Waals surface area contributed by atoms with Crippen molar-refractivity contribution < 1.29 is 27.4 Å². The van der Waals surface area contributed by atoms with Crippen LogP contribution in [0.5, 0.6) is 0 Å². The Morgan fingerprint density at radius 2 is 1.94 bits per heavy atom. The fourth-order valence-electron chi connectivity index (χ4n) is 4.33. The maximum atomic E-state index is 12.2. The van der Waals surface area contributed by atoms with Gasteiger partial charge in [0.25, 0.3) is 5.01 Å². The molecule has 2 aromatic carbocycles. The molecule has 0 amide bonds. The summed E-state index contributed by atoms with van der Waals surface area (Å²) in [6.07, 6.45) is 2.12. The molecule has 0 saturated carbocycles. The number of thiazole rings is 1. The topological polar surface area (TPSA) is 95.5 Å². The van der Waals surface area contributed by atoms with Crippen molar-refractivity contribution in [1.82, 2.24) is 4.48 Å². The van der Waals surface area contributed by atoms with Gasteiger partial charge < -0.3 is 5.11 Å². The van der Waals surface area contributed by atoms with Crippen LogP contribution in [-0.4, -0.2) is 36.0 Å². The van der Waals surface area contributed by atoms with E-state index in [0.717, 1.165) is 15.3 Å². The quantitative estimate of drug-likeness (QED) is 0.290. The number of aliphatic carboxylic acids is 1. The van der Waals surface area contributed by atoms with Gasteiger partial charge in [0.05, 0.1) is 23.9 Å². The molecule has 32 heavy (non-hydrogen) atoms. The summed E-state index contributed by atoms with van der Waals surface area (Å²) >= 11 is 15.2. The molecule has 0 bridgehead atoms. The van der Waals surface area contributed by atoms with E-state index in [-0.39, 0.29) is 11.0 Å². The smallest absolute Gasteiger partial charge is 0.370 e. The molecule has 5 rings (SSSR count). The molecule has 2 unspecified atom stereocenters. The van der Waals surface area contributed by atoms with E-state index in [4.69, 9.17) is 23.2 Å². The normalized spacial score (nSPS) is 23.6. The number of thioether (sulfide) groups is 1. The van der Waals surface area contributed by atoms with Gasteiger partial charge in [0, 0.05) is 22.2 Å². The lowest BCUT2D eigenvalue weighted by molar-refractivity contribution is -0.657. The predicted octanol–water partition coefficient (Wildman–Crippen LogP) is 4.61. The van der Waals surface area contributed by atoms with E-state index in [2.05, 4.69) is 0 Å². The van der Waals surface area contributed by atoms with Gasteiger partial charge in [-0.05, 0) is 36.0 Å². The third-order valence-electron chi connectivity index (χ3n) is 5.76. The molecule has 7 nitrogen and oxygen atoms in total. The first-order valence-electron chi connectivity index (χ1n) is 9.47. The van der Waals surface area contributed by atoms with Crippen LogP contribution in [0.3, 0.4) is 0 Å². The maximum absolute atomic E-state index is 12.2. The minimum absolute atomic E-state index is 0.0541. The Bertz CT molecular complexity index is 1440. The molecule has 3 heterocycles. The third-order valence-corrected chi connectivity index (χ3v) is 9.84. The van der Waals surface area contributed by atoms with Crippen LogP contribution in [0, 0.1) is 0 Å². The highest BCUT2D eigenvalue weighted by Crippen LogP contribution is 2.58. The zero-order valence-electron chi connectivity index (χ0n) is 16.2. The SMILES string of the molecule is O=C(O)C[n+]1c(C=C2Sc3ccc(Cl)cc3[N+]23CCC3S(=O)(=O)O)sc2ccc(Cl)cc21. The van der Waals surface area contributed by atoms with Crippen LogP contribution in [0.15, 0.2) is 46.3 Å². The molecule has 166 valence electrons. The largest absolute Gasteiger partial charge is 0.477 e. The number of quaternary nitrogens is 1. The molecule has 2 aliphatic heterocycles. The van der Waals surface area contributed by atoms with Crippen molar-refractivity contribution in [2.75, 3.05) is 6.54 Å². The zero-order valence-corrected chi connectivity index (χ0v) is 20.2. The van der Waals surface area contributed by atoms with Gasteiger partial charge in [-0.2, -0.15) is 13.0 Å². The van der Waals surface area contributed by atoms with Gasteiger partial charge in [0.15, 0.2) is 10.7 Å². The lowest BCUT2D eigenvalue weighted by Crippen LogP contribution is -2.66. The number of carbonyl (C=O) groups is 1. The van der Waals surface area contributed by atoms with Gasteiger partial charge in [-0.1, -0.05) is 34.5 Å². The van der Waals surface area contributed by atoms with Crippen molar-refractivity contribution in [3.8, 4) is 0 Å². The number of fused-ring (bicyclic) bond motifs is 3. The predicted molar refractivity (Wildman–Crippen MR) is 127 cm³/mol. The number of hydrogen-bond donors (Lipinski definition) is 2. The number of carboxylic acid groups (broad SMARTS) is 1. The molecule has 1 fully saturated rings. The summed E-state index contributed by atoms with van der Waals surface area (Å²) in [4.78, 5) is 12.4. The van der Waals surface area contributed by atoms with Gasteiger partial charge >= 0.3 is 16.1 Å². The Kier molecular flexibility index (Phi) is 5.33. The average molecular weight is 531 g/mol. The summed E-state index contributed by atoms with van der Waals surface area (Å²) < 4.78 is 36.9. The van der Waals surface area contributed by atoms with Crippen molar-refractivity contribution in [2.45, 2.75) is 23.2 Å². The summed E-state index contributed by atoms with van der Waals surface area (Å²) in [5.41, 5.74) is 1.40. The van der Waals surface area contributed by atoms with E-state index in [1.165, 1.54) is 23.1 Å². The first-order valence-corrected chi connectivity index (χ1v) is 13.4. The summed E-state index contributed by atoms with van der Waals surface area (Å²) in [6.45, 7) is 0.205. The number of benzene rings is 2. The van der Waals surface area contributed by atoms with Crippen LogP contribution in [0.25, 0.3) is 16.3 Å². The first kappa shape index (κ1) is 22.1. The van der Waals surface area contributed by atoms with Crippen molar-refractivity contribution in [1.29, 1.82) is 0 Å². The monoisotopic (exact) mass is 530 g/mol. The molecule has 12 heteroatoms. The number of aromatic nitrogens is 1. The molecule has 1 aromatic heterocycles. The maximum Gasteiger partial charge on any atom is 0.370 e. The minimum atomic E-state index is -4.34. The second kappa shape index (κ2) is 7.69. The Labute approximate surface area is 201 Å². The second-order valence-corrected chi connectivity index (χ2v) is 12.2. The van der Waals surface area contributed by atoms with Gasteiger partial charge in [0.2, 0.25) is 17.4 Å². The molecule has 2 N–H and O–H groups in total. The molecule has 1 saturated heterocycles. The Morgan fingerprint density at radius 1 is 1.22 bits per heavy atom. The van der Waals surface area contributed by atoms with E-state index in [1.54, 1.807) is 28.8 Å². The van der Waals surface area contributed by atoms with Gasteiger partial charge in [-0.15, -0.1) is 0 Å². The average Bonchev–Trinajstić information content (AvgIpc) is 3.15. The van der Waals surface area contributed by atoms with Crippen molar-refractivity contribution in [3.05, 3.63) is 56.5 Å². The fourth-order valence-corrected chi connectivity index (χ4v) is 8.41. The molecule has 1 spiro atoms. The van der Waals surface area contributed by atoms with Crippen molar-refractivity contribution >= 4 is 84.4 Å². The van der Waals surface area contributed by atoms with Gasteiger partial charge in [0.1, 0.15) is 4.70 Å². The van der Waals surface area contributed by atoms with Crippen molar-refractivity contribution in [2.24, 2.45) is 0 Å². The lowest BCUT2D eigenvalue weighted by atomic mass is 10.1. The van der Waals surface area contributed by atoms with Crippen LogP contribution in [0.2, 0.25) is 10.0 Å². The standard InChI is InChI=1S/C20H14Cl2N2O5S3/c21-11-1-3-15-13(7-11)23(10-20(25)26)17(30-15)9-18-24(6-5-19(24)32(27,28)29)14-8-12(22)2-4-16(14)31-18/h1-4,7-9,19H,5-6,10H2/p+2.